The average molecular weight is 173 g/mol. The molecule has 0 aromatic rings. The van der Waals surface area contributed by atoms with Crippen LogP contribution < -0.4 is 5.73 Å². The molecular formula is C9H19NO2. The lowest BCUT2D eigenvalue weighted by Crippen LogP contribution is -2.26. The number of nitrogens with two attached hydrogens (primary N) is 1. The minimum absolute atomic E-state index is 0.00144. The molecule has 3 nitrogen and oxygen atoms in total. The van der Waals surface area contributed by atoms with Crippen molar-refractivity contribution in [3.05, 3.63) is 0 Å². The summed E-state index contributed by atoms with van der Waals surface area (Å²) in [7, 11) is 0. The molecule has 72 valence electrons. The number of ether oxygens (including phenoxy) is 1. The van der Waals surface area contributed by atoms with Crippen LogP contribution in [-0.2, 0) is 9.53 Å². The molecule has 0 saturated heterocycles. The summed E-state index contributed by atoms with van der Waals surface area (Å²) in [5.41, 5.74) is 5.46. The second-order valence-corrected chi connectivity index (χ2v) is 2.82. The molecule has 0 rings (SSSR count). The Balaban J connectivity index is 3.69. The van der Waals surface area contributed by atoms with Crippen molar-refractivity contribution in [3.63, 3.8) is 0 Å². The van der Waals surface area contributed by atoms with Crippen LogP contribution in [0.1, 0.15) is 26.7 Å². The van der Waals surface area contributed by atoms with E-state index < -0.39 is 0 Å². The molecule has 0 fully saturated rings. The summed E-state index contributed by atoms with van der Waals surface area (Å²) in [6, 6.07) is 0. The molecule has 0 bridgehead atoms. The van der Waals surface area contributed by atoms with Crippen molar-refractivity contribution in [2.24, 2.45) is 11.7 Å². The fourth-order valence-electron chi connectivity index (χ4n) is 1.08. The first-order valence-corrected chi connectivity index (χ1v) is 4.56. The maximum absolute atomic E-state index is 11.3. The highest BCUT2D eigenvalue weighted by atomic mass is 16.5. The molecule has 2 N–H and O–H groups in total. The molecule has 0 aromatic heterocycles. The molecule has 0 spiro atoms. The lowest BCUT2D eigenvalue weighted by molar-refractivity contribution is -0.127. The Bertz CT molecular complexity index is 126. The van der Waals surface area contributed by atoms with Crippen molar-refractivity contribution in [3.8, 4) is 0 Å². The van der Waals surface area contributed by atoms with Gasteiger partial charge in [-0.3, -0.25) is 4.79 Å². The minimum Gasteiger partial charge on any atom is -0.374 e. The molecule has 0 radical (unpaired) electrons. The second-order valence-electron chi connectivity index (χ2n) is 2.82. The van der Waals surface area contributed by atoms with Crippen LogP contribution in [0.2, 0.25) is 0 Å². The SMILES string of the molecule is CCCC(CN)C(=O)COCC. The lowest BCUT2D eigenvalue weighted by atomic mass is 9.99. The van der Waals surface area contributed by atoms with Crippen LogP contribution in [0.15, 0.2) is 0 Å². The Morgan fingerprint density at radius 3 is 2.58 bits per heavy atom. The minimum atomic E-state index is 0.00144. The Morgan fingerprint density at radius 1 is 1.50 bits per heavy atom. The Morgan fingerprint density at radius 2 is 2.17 bits per heavy atom. The third-order valence-electron chi connectivity index (χ3n) is 1.83. The number of rotatable bonds is 7. The third kappa shape index (κ3) is 4.46. The van der Waals surface area contributed by atoms with Crippen LogP contribution in [0, 0.1) is 5.92 Å². The van der Waals surface area contributed by atoms with Crippen molar-refractivity contribution in [2.75, 3.05) is 19.8 Å². The molecule has 0 aliphatic heterocycles. The van der Waals surface area contributed by atoms with Gasteiger partial charge in [0.05, 0.1) is 0 Å². The zero-order valence-electron chi connectivity index (χ0n) is 8.01. The molecule has 0 heterocycles. The number of Topliss-reactive ketones (excluding diaryl/α,β-unsaturated/α-hetero) is 1. The monoisotopic (exact) mass is 173 g/mol. The van der Waals surface area contributed by atoms with Gasteiger partial charge >= 0.3 is 0 Å². The Labute approximate surface area is 74.3 Å². The van der Waals surface area contributed by atoms with Crippen LogP contribution in [-0.4, -0.2) is 25.5 Å². The van der Waals surface area contributed by atoms with Gasteiger partial charge in [-0.15, -0.1) is 0 Å². The molecule has 3 heteroatoms. The fraction of sp³-hybridized carbons (Fsp3) is 0.889. The smallest absolute Gasteiger partial charge is 0.162 e. The van der Waals surface area contributed by atoms with Gasteiger partial charge in [0, 0.05) is 19.1 Å². The molecular weight excluding hydrogens is 154 g/mol. The van der Waals surface area contributed by atoms with Crippen molar-refractivity contribution in [1.82, 2.24) is 0 Å². The van der Waals surface area contributed by atoms with Crippen LogP contribution in [0.25, 0.3) is 0 Å². The summed E-state index contributed by atoms with van der Waals surface area (Å²) < 4.78 is 5.02. The normalized spacial score (nSPS) is 12.9. The van der Waals surface area contributed by atoms with Gasteiger partial charge in [0.2, 0.25) is 0 Å². The van der Waals surface area contributed by atoms with Crippen LogP contribution in [0.3, 0.4) is 0 Å². The lowest BCUT2D eigenvalue weighted by Gasteiger charge is -2.11. The van der Waals surface area contributed by atoms with Crippen molar-refractivity contribution in [1.29, 1.82) is 0 Å². The summed E-state index contributed by atoms with van der Waals surface area (Å²) >= 11 is 0. The van der Waals surface area contributed by atoms with Gasteiger partial charge < -0.3 is 10.5 Å². The van der Waals surface area contributed by atoms with Gasteiger partial charge in [0.15, 0.2) is 5.78 Å². The fourth-order valence-corrected chi connectivity index (χ4v) is 1.08. The first-order chi connectivity index (χ1) is 5.76. The molecule has 0 saturated carbocycles. The van der Waals surface area contributed by atoms with E-state index in [0.29, 0.717) is 13.2 Å². The van der Waals surface area contributed by atoms with Gasteiger partial charge in [-0.05, 0) is 13.3 Å². The number of carbonyl (C=O) groups is 1. The highest BCUT2D eigenvalue weighted by Gasteiger charge is 2.14. The van der Waals surface area contributed by atoms with E-state index in [9.17, 15) is 4.79 Å². The largest absolute Gasteiger partial charge is 0.374 e. The topological polar surface area (TPSA) is 52.3 Å². The Hall–Kier alpha value is -0.410. The van der Waals surface area contributed by atoms with E-state index in [2.05, 4.69) is 6.92 Å². The number of ketones is 1. The summed E-state index contributed by atoms with van der Waals surface area (Å²) in [5, 5.41) is 0. The van der Waals surface area contributed by atoms with E-state index in [4.69, 9.17) is 10.5 Å². The van der Waals surface area contributed by atoms with Gasteiger partial charge in [0.25, 0.3) is 0 Å². The van der Waals surface area contributed by atoms with Crippen LogP contribution in [0.5, 0.6) is 0 Å². The number of carbonyl (C=O) groups excluding carboxylic acids is 1. The van der Waals surface area contributed by atoms with Crippen molar-refractivity contribution >= 4 is 5.78 Å². The first kappa shape index (κ1) is 11.6. The first-order valence-electron chi connectivity index (χ1n) is 4.56. The summed E-state index contributed by atoms with van der Waals surface area (Å²) in [6.45, 7) is 5.19. The molecule has 1 unspecified atom stereocenters. The zero-order valence-corrected chi connectivity index (χ0v) is 8.01. The van der Waals surface area contributed by atoms with E-state index >= 15 is 0 Å². The van der Waals surface area contributed by atoms with Gasteiger partial charge in [0.1, 0.15) is 6.61 Å². The standard InChI is InChI=1S/C9H19NO2/c1-3-5-8(6-10)9(11)7-12-4-2/h8H,3-7,10H2,1-2H3. The summed E-state index contributed by atoms with van der Waals surface area (Å²) in [5.74, 6) is 0.141. The second kappa shape index (κ2) is 7.25. The van der Waals surface area contributed by atoms with Gasteiger partial charge in [-0.25, -0.2) is 0 Å². The molecule has 0 amide bonds. The predicted octanol–water partition coefficient (Wildman–Crippen LogP) is 0.967. The van der Waals surface area contributed by atoms with E-state index in [1.165, 1.54) is 0 Å². The van der Waals surface area contributed by atoms with Crippen molar-refractivity contribution < 1.29 is 9.53 Å². The summed E-state index contributed by atoms with van der Waals surface area (Å²) in [4.78, 5) is 11.3. The maximum atomic E-state index is 11.3. The van der Waals surface area contributed by atoms with E-state index in [1.807, 2.05) is 6.92 Å². The predicted molar refractivity (Wildman–Crippen MR) is 49.0 cm³/mol. The van der Waals surface area contributed by atoms with Crippen molar-refractivity contribution in [2.45, 2.75) is 26.7 Å². The number of hydrogen-bond donors (Lipinski definition) is 1. The van der Waals surface area contributed by atoms with Gasteiger partial charge in [-0.2, -0.15) is 0 Å². The molecule has 0 aromatic carbocycles. The highest BCUT2D eigenvalue weighted by Crippen LogP contribution is 2.05. The molecule has 0 aliphatic rings. The van der Waals surface area contributed by atoms with E-state index in [0.717, 1.165) is 12.8 Å². The van der Waals surface area contributed by atoms with Crippen LogP contribution >= 0.6 is 0 Å². The van der Waals surface area contributed by atoms with E-state index in [1.54, 1.807) is 0 Å². The quantitative estimate of drug-likeness (QED) is 0.624. The highest BCUT2D eigenvalue weighted by molar-refractivity contribution is 5.82. The maximum Gasteiger partial charge on any atom is 0.162 e. The Kier molecular flexibility index (Phi) is 7.00. The number of hydrogen-bond acceptors (Lipinski definition) is 3. The summed E-state index contributed by atoms with van der Waals surface area (Å²) in [6.07, 6.45) is 1.88. The average Bonchev–Trinajstić information content (AvgIpc) is 2.10. The van der Waals surface area contributed by atoms with Gasteiger partial charge in [-0.1, -0.05) is 13.3 Å². The molecule has 12 heavy (non-hydrogen) atoms. The van der Waals surface area contributed by atoms with Crippen LogP contribution in [0.4, 0.5) is 0 Å². The third-order valence-corrected chi connectivity index (χ3v) is 1.83. The molecule has 0 aliphatic carbocycles. The molecule has 1 atom stereocenters. The zero-order chi connectivity index (χ0) is 9.40. The van der Waals surface area contributed by atoms with E-state index in [-0.39, 0.29) is 18.3 Å².